The number of hydrogen-bond donors (Lipinski definition) is 2. The van der Waals surface area contributed by atoms with E-state index in [4.69, 9.17) is 4.74 Å². The first kappa shape index (κ1) is 18.1. The summed E-state index contributed by atoms with van der Waals surface area (Å²) < 4.78 is 4.82. The number of carbonyl (C=O) groups is 2. The van der Waals surface area contributed by atoms with E-state index in [1.807, 2.05) is 0 Å². The van der Waals surface area contributed by atoms with Crippen LogP contribution in [0.1, 0.15) is 23.0 Å². The van der Waals surface area contributed by atoms with Crippen molar-refractivity contribution >= 4 is 34.4 Å². The molecule has 0 saturated carbocycles. The third kappa shape index (κ3) is 4.27. The minimum Gasteiger partial charge on any atom is -0.463 e. The largest absolute Gasteiger partial charge is 0.463 e. The van der Waals surface area contributed by atoms with Gasteiger partial charge >= 0.3 is 5.97 Å². The number of aromatic amines is 1. The molecule has 2 N–H and O–H groups in total. The fourth-order valence-electron chi connectivity index (χ4n) is 2.51. The predicted octanol–water partition coefficient (Wildman–Crippen LogP) is 2.75. The molecule has 0 bridgehead atoms. The minimum atomic E-state index is -0.433. The van der Waals surface area contributed by atoms with E-state index >= 15 is 0 Å². The highest BCUT2D eigenvalue weighted by Gasteiger charge is 2.14. The Morgan fingerprint density at radius 2 is 1.81 bits per heavy atom. The predicted molar refractivity (Wildman–Crippen MR) is 102 cm³/mol. The standard InChI is InChI=1S/C20H17N3O4/c1-2-27-17(24)12-9-13-7-10-14(11-8-13)21-20(26)18-15-5-3-4-6-16(15)19(25)23-22-18/h3-12H,2H2,1H3,(H,21,26)(H,23,25). The number of fused-ring (bicyclic) bond motifs is 1. The second-order valence-corrected chi connectivity index (χ2v) is 5.61. The third-order valence-electron chi connectivity index (χ3n) is 3.78. The lowest BCUT2D eigenvalue weighted by molar-refractivity contribution is -0.137. The van der Waals surface area contributed by atoms with Crippen molar-refractivity contribution in [1.29, 1.82) is 0 Å². The maximum absolute atomic E-state index is 12.5. The molecule has 0 spiro atoms. The van der Waals surface area contributed by atoms with Crippen LogP contribution in [-0.4, -0.2) is 28.7 Å². The van der Waals surface area contributed by atoms with Gasteiger partial charge in [-0.3, -0.25) is 9.59 Å². The number of esters is 1. The molecule has 0 atom stereocenters. The van der Waals surface area contributed by atoms with Crippen LogP contribution in [0.4, 0.5) is 5.69 Å². The molecule has 0 aliphatic rings. The van der Waals surface area contributed by atoms with Gasteiger partial charge in [0.2, 0.25) is 0 Å². The number of rotatable bonds is 5. The van der Waals surface area contributed by atoms with Gasteiger partial charge in [-0.1, -0.05) is 30.3 Å². The van der Waals surface area contributed by atoms with Crippen LogP contribution in [0.15, 0.2) is 59.4 Å². The van der Waals surface area contributed by atoms with E-state index in [1.165, 1.54) is 6.08 Å². The van der Waals surface area contributed by atoms with Gasteiger partial charge in [-0.05, 0) is 36.8 Å². The first-order valence-corrected chi connectivity index (χ1v) is 8.32. The molecule has 1 aromatic heterocycles. The summed E-state index contributed by atoms with van der Waals surface area (Å²) >= 11 is 0. The summed E-state index contributed by atoms with van der Waals surface area (Å²) in [5, 5.41) is 9.83. The Bertz CT molecular complexity index is 1070. The number of nitrogens with one attached hydrogen (secondary N) is 2. The van der Waals surface area contributed by atoms with E-state index < -0.39 is 11.9 Å². The number of H-pyrrole nitrogens is 1. The molecule has 0 saturated heterocycles. The van der Waals surface area contributed by atoms with Gasteiger partial charge in [0.1, 0.15) is 0 Å². The number of carbonyl (C=O) groups excluding carboxylic acids is 2. The zero-order chi connectivity index (χ0) is 19.2. The highest BCUT2D eigenvalue weighted by Crippen LogP contribution is 2.16. The van der Waals surface area contributed by atoms with Gasteiger partial charge in [-0.2, -0.15) is 5.10 Å². The van der Waals surface area contributed by atoms with E-state index in [0.717, 1.165) is 5.56 Å². The fraction of sp³-hybridized carbons (Fsp3) is 0.100. The Balaban J connectivity index is 1.76. The molecule has 136 valence electrons. The average molecular weight is 363 g/mol. The van der Waals surface area contributed by atoms with Gasteiger partial charge in [0.15, 0.2) is 5.69 Å². The van der Waals surface area contributed by atoms with E-state index in [-0.39, 0.29) is 11.3 Å². The highest BCUT2D eigenvalue weighted by molar-refractivity contribution is 6.11. The SMILES string of the molecule is CCOC(=O)C=Cc1ccc(NC(=O)c2n[nH]c(=O)c3ccccc23)cc1. The Kier molecular flexibility index (Phi) is 5.41. The van der Waals surface area contributed by atoms with Gasteiger partial charge in [0.25, 0.3) is 11.5 Å². The van der Waals surface area contributed by atoms with Crippen molar-refractivity contribution < 1.29 is 14.3 Å². The molecule has 3 rings (SSSR count). The molecule has 2 aromatic carbocycles. The first-order valence-electron chi connectivity index (χ1n) is 8.32. The molecule has 0 radical (unpaired) electrons. The maximum atomic E-state index is 12.5. The van der Waals surface area contributed by atoms with Crippen molar-refractivity contribution in [3.63, 3.8) is 0 Å². The molecule has 1 heterocycles. The third-order valence-corrected chi connectivity index (χ3v) is 3.78. The lowest BCUT2D eigenvalue weighted by Gasteiger charge is -2.07. The Labute approximate surface area is 154 Å². The second-order valence-electron chi connectivity index (χ2n) is 5.61. The van der Waals surface area contributed by atoms with Gasteiger partial charge in [0, 0.05) is 17.1 Å². The fourth-order valence-corrected chi connectivity index (χ4v) is 2.51. The number of amides is 1. The van der Waals surface area contributed by atoms with Crippen LogP contribution in [0, 0.1) is 0 Å². The van der Waals surface area contributed by atoms with Crippen LogP contribution in [0.25, 0.3) is 16.8 Å². The molecule has 0 aliphatic heterocycles. The van der Waals surface area contributed by atoms with Crippen molar-refractivity contribution in [2.45, 2.75) is 6.92 Å². The summed E-state index contributed by atoms with van der Waals surface area (Å²) in [5.74, 6) is -0.844. The van der Waals surface area contributed by atoms with E-state index in [0.29, 0.717) is 23.1 Å². The Hall–Kier alpha value is -3.74. The van der Waals surface area contributed by atoms with Crippen LogP contribution < -0.4 is 10.9 Å². The van der Waals surface area contributed by atoms with Crippen molar-refractivity contribution in [3.8, 4) is 0 Å². The summed E-state index contributed by atoms with van der Waals surface area (Å²) in [4.78, 5) is 35.7. The normalized spacial score (nSPS) is 10.9. The molecule has 1 amide bonds. The van der Waals surface area contributed by atoms with E-state index in [9.17, 15) is 14.4 Å². The summed E-state index contributed by atoms with van der Waals surface area (Å²) in [6, 6.07) is 13.7. The molecule has 27 heavy (non-hydrogen) atoms. The summed E-state index contributed by atoms with van der Waals surface area (Å²) in [7, 11) is 0. The Morgan fingerprint density at radius 1 is 1.11 bits per heavy atom. The van der Waals surface area contributed by atoms with Crippen LogP contribution in [-0.2, 0) is 9.53 Å². The van der Waals surface area contributed by atoms with Crippen molar-refractivity contribution in [1.82, 2.24) is 10.2 Å². The molecular formula is C20H17N3O4. The van der Waals surface area contributed by atoms with Crippen LogP contribution in [0.3, 0.4) is 0 Å². The number of aromatic nitrogens is 2. The van der Waals surface area contributed by atoms with Gasteiger partial charge in [-0.15, -0.1) is 0 Å². The Morgan fingerprint density at radius 3 is 2.52 bits per heavy atom. The minimum absolute atomic E-state index is 0.136. The van der Waals surface area contributed by atoms with Gasteiger partial charge in [0.05, 0.1) is 12.0 Å². The molecule has 7 nitrogen and oxygen atoms in total. The van der Waals surface area contributed by atoms with Crippen molar-refractivity contribution in [2.24, 2.45) is 0 Å². The van der Waals surface area contributed by atoms with E-state index in [1.54, 1.807) is 61.5 Å². The molecule has 0 unspecified atom stereocenters. The summed E-state index contributed by atoms with van der Waals surface area (Å²) in [6.07, 6.45) is 2.97. The van der Waals surface area contributed by atoms with Crippen LogP contribution >= 0.6 is 0 Å². The summed E-state index contributed by atoms with van der Waals surface area (Å²) in [6.45, 7) is 2.06. The lowest BCUT2D eigenvalue weighted by Crippen LogP contribution is -2.19. The van der Waals surface area contributed by atoms with E-state index in [2.05, 4.69) is 15.5 Å². The first-order chi connectivity index (χ1) is 13.1. The quantitative estimate of drug-likeness (QED) is 0.536. The van der Waals surface area contributed by atoms with Crippen molar-refractivity contribution in [3.05, 3.63) is 76.2 Å². The number of ether oxygens (including phenoxy) is 1. The maximum Gasteiger partial charge on any atom is 0.330 e. The zero-order valence-electron chi connectivity index (χ0n) is 14.6. The highest BCUT2D eigenvalue weighted by atomic mass is 16.5. The molecular weight excluding hydrogens is 346 g/mol. The zero-order valence-corrected chi connectivity index (χ0v) is 14.6. The monoisotopic (exact) mass is 363 g/mol. The van der Waals surface area contributed by atoms with Crippen LogP contribution in [0.5, 0.6) is 0 Å². The number of nitrogens with zero attached hydrogens (tertiary/aromatic N) is 1. The molecule has 3 aromatic rings. The molecule has 7 heteroatoms. The van der Waals surface area contributed by atoms with Gasteiger partial charge < -0.3 is 10.1 Å². The number of hydrogen-bond acceptors (Lipinski definition) is 5. The van der Waals surface area contributed by atoms with Gasteiger partial charge in [-0.25, -0.2) is 9.89 Å². The molecule has 0 fully saturated rings. The second kappa shape index (κ2) is 8.09. The number of anilines is 1. The van der Waals surface area contributed by atoms with Crippen molar-refractivity contribution in [2.75, 3.05) is 11.9 Å². The summed E-state index contributed by atoms with van der Waals surface area (Å²) in [5.41, 5.74) is 1.13. The smallest absolute Gasteiger partial charge is 0.330 e. The lowest BCUT2D eigenvalue weighted by atomic mass is 10.1. The number of benzene rings is 2. The topological polar surface area (TPSA) is 101 Å². The molecule has 0 aliphatic carbocycles. The average Bonchev–Trinajstić information content (AvgIpc) is 2.68. The van der Waals surface area contributed by atoms with Crippen LogP contribution in [0.2, 0.25) is 0 Å².